The number of hydrogen-bond acceptors (Lipinski definition) is 4. The summed E-state index contributed by atoms with van der Waals surface area (Å²) in [5, 5.41) is 17.8. The molecular weight excluding hydrogens is 346 g/mol. The lowest BCUT2D eigenvalue weighted by Gasteiger charge is -2.14. The van der Waals surface area contributed by atoms with Gasteiger partial charge in [-0.25, -0.2) is 9.59 Å². The largest absolute Gasteiger partial charge is 0.476 e. The van der Waals surface area contributed by atoms with Gasteiger partial charge in [-0.05, 0) is 29.2 Å². The second-order valence-corrected chi connectivity index (χ2v) is 6.33. The molecule has 0 aliphatic heterocycles. The number of carbonyl (C=O) groups excluding carboxylic acids is 1. The molecule has 0 bridgehead atoms. The first-order valence-corrected chi connectivity index (χ1v) is 8.46. The minimum absolute atomic E-state index is 0.0625. The molecule has 1 aromatic heterocycles. The second kappa shape index (κ2) is 6.60. The van der Waals surface area contributed by atoms with Crippen LogP contribution in [-0.2, 0) is 4.74 Å². The highest BCUT2D eigenvalue weighted by Gasteiger charge is 2.29. The van der Waals surface area contributed by atoms with E-state index < -0.39 is 12.1 Å². The highest BCUT2D eigenvalue weighted by atomic mass is 16.5. The molecule has 27 heavy (non-hydrogen) atoms. The molecule has 0 spiro atoms. The van der Waals surface area contributed by atoms with E-state index in [1.165, 1.54) is 0 Å². The molecule has 0 saturated heterocycles. The van der Waals surface area contributed by atoms with E-state index in [2.05, 4.69) is 27.6 Å². The summed E-state index contributed by atoms with van der Waals surface area (Å²) in [6.07, 6.45) is -0.719. The van der Waals surface area contributed by atoms with Crippen LogP contribution in [0, 0.1) is 6.92 Å². The summed E-state index contributed by atoms with van der Waals surface area (Å²) in [4.78, 5) is 23.4. The Kier molecular flexibility index (Phi) is 4.12. The topological polar surface area (TPSA) is 104 Å². The highest BCUT2D eigenvalue weighted by molar-refractivity contribution is 5.97. The number of nitrogens with one attached hydrogen (secondary N) is 2. The van der Waals surface area contributed by atoms with E-state index in [1.54, 1.807) is 6.92 Å². The average Bonchev–Trinajstić information content (AvgIpc) is 3.19. The number of amides is 1. The van der Waals surface area contributed by atoms with Crippen LogP contribution in [0.25, 0.3) is 11.1 Å². The minimum Gasteiger partial charge on any atom is -0.476 e. The lowest BCUT2D eigenvalue weighted by atomic mass is 9.98. The van der Waals surface area contributed by atoms with Crippen LogP contribution in [0.3, 0.4) is 0 Å². The number of carbonyl (C=O) groups is 2. The third-order valence-electron chi connectivity index (χ3n) is 4.72. The molecule has 136 valence electrons. The van der Waals surface area contributed by atoms with Gasteiger partial charge in [0.05, 0.1) is 11.4 Å². The Bertz CT molecular complexity index is 996. The fourth-order valence-electron chi connectivity index (χ4n) is 3.47. The minimum atomic E-state index is -1.23. The Hall–Kier alpha value is -3.61. The van der Waals surface area contributed by atoms with Crippen molar-refractivity contribution in [2.24, 2.45) is 0 Å². The number of aromatic nitrogens is 2. The lowest BCUT2D eigenvalue weighted by Crippen LogP contribution is -2.19. The number of H-pyrrole nitrogens is 1. The lowest BCUT2D eigenvalue weighted by molar-refractivity contribution is 0.0691. The molecule has 3 aromatic rings. The number of carboxylic acids is 1. The smallest absolute Gasteiger partial charge is 0.411 e. The zero-order valence-electron chi connectivity index (χ0n) is 14.5. The Labute approximate surface area is 155 Å². The number of aromatic carboxylic acids is 1. The number of hydrogen-bond donors (Lipinski definition) is 3. The Morgan fingerprint density at radius 2 is 1.70 bits per heavy atom. The van der Waals surface area contributed by atoms with E-state index in [0.29, 0.717) is 5.69 Å². The summed E-state index contributed by atoms with van der Waals surface area (Å²) in [6, 6.07) is 16.1. The van der Waals surface area contributed by atoms with Gasteiger partial charge in [0, 0.05) is 5.92 Å². The third-order valence-corrected chi connectivity index (χ3v) is 4.72. The zero-order valence-corrected chi connectivity index (χ0v) is 14.5. The number of aromatic amines is 1. The van der Waals surface area contributed by atoms with Crippen molar-refractivity contribution >= 4 is 17.7 Å². The first-order valence-electron chi connectivity index (χ1n) is 8.46. The Balaban J connectivity index is 1.52. The normalized spacial score (nSPS) is 12.3. The van der Waals surface area contributed by atoms with Crippen molar-refractivity contribution in [1.82, 2.24) is 10.2 Å². The average molecular weight is 363 g/mol. The van der Waals surface area contributed by atoms with E-state index in [-0.39, 0.29) is 23.9 Å². The van der Waals surface area contributed by atoms with Gasteiger partial charge >= 0.3 is 12.1 Å². The van der Waals surface area contributed by atoms with Crippen LogP contribution in [0.1, 0.15) is 33.2 Å². The van der Waals surface area contributed by atoms with Gasteiger partial charge in [0.25, 0.3) is 0 Å². The SMILES string of the molecule is Cc1[nH]nc(C(=O)O)c1NC(=O)OCC1c2ccccc2-c2ccccc21. The van der Waals surface area contributed by atoms with Gasteiger partial charge in [-0.3, -0.25) is 10.4 Å². The van der Waals surface area contributed by atoms with Crippen molar-refractivity contribution in [2.75, 3.05) is 11.9 Å². The van der Waals surface area contributed by atoms with Gasteiger partial charge in [0.2, 0.25) is 0 Å². The van der Waals surface area contributed by atoms with E-state index in [0.717, 1.165) is 22.3 Å². The van der Waals surface area contributed by atoms with Gasteiger partial charge in [0.15, 0.2) is 5.69 Å². The maximum Gasteiger partial charge on any atom is 0.411 e. The molecule has 0 unspecified atom stereocenters. The fourth-order valence-corrected chi connectivity index (χ4v) is 3.47. The van der Waals surface area contributed by atoms with Gasteiger partial charge in [-0.2, -0.15) is 5.10 Å². The van der Waals surface area contributed by atoms with E-state index in [1.807, 2.05) is 36.4 Å². The van der Waals surface area contributed by atoms with E-state index in [9.17, 15) is 9.59 Å². The summed E-state index contributed by atoms with van der Waals surface area (Å²) in [5.74, 6) is -1.29. The van der Waals surface area contributed by atoms with Crippen molar-refractivity contribution < 1.29 is 19.4 Å². The predicted octanol–water partition coefficient (Wildman–Crippen LogP) is 3.78. The predicted molar refractivity (Wildman–Crippen MR) is 99.0 cm³/mol. The van der Waals surface area contributed by atoms with Crippen molar-refractivity contribution in [1.29, 1.82) is 0 Å². The van der Waals surface area contributed by atoms with Crippen molar-refractivity contribution in [2.45, 2.75) is 12.8 Å². The van der Waals surface area contributed by atoms with Crippen molar-refractivity contribution in [3.8, 4) is 11.1 Å². The van der Waals surface area contributed by atoms with Crippen molar-refractivity contribution in [3.63, 3.8) is 0 Å². The number of rotatable bonds is 4. The monoisotopic (exact) mass is 363 g/mol. The molecule has 3 N–H and O–H groups in total. The number of aryl methyl sites for hydroxylation is 1. The molecule has 1 aliphatic carbocycles. The first-order chi connectivity index (χ1) is 13.1. The third kappa shape index (κ3) is 2.93. The molecule has 2 aromatic carbocycles. The van der Waals surface area contributed by atoms with Gasteiger partial charge in [0.1, 0.15) is 6.61 Å². The number of carboxylic acid groups (broad SMARTS) is 1. The Morgan fingerprint density at radius 3 is 2.30 bits per heavy atom. The molecule has 1 heterocycles. The standard InChI is InChI=1S/C20H17N3O4/c1-11-17(18(19(24)25)23-22-11)21-20(26)27-10-16-14-8-4-2-6-12(14)13-7-3-5-9-15(13)16/h2-9,16H,10H2,1H3,(H,21,26)(H,22,23)(H,24,25). The van der Waals surface area contributed by atoms with Gasteiger partial charge in [-0.1, -0.05) is 48.5 Å². The van der Waals surface area contributed by atoms with Crippen LogP contribution in [-0.4, -0.2) is 34.0 Å². The van der Waals surface area contributed by atoms with Crippen molar-refractivity contribution in [3.05, 3.63) is 71.0 Å². The Morgan fingerprint density at radius 1 is 1.11 bits per heavy atom. The summed E-state index contributed by atoms with van der Waals surface area (Å²) in [5.41, 5.74) is 4.80. The van der Waals surface area contributed by atoms with Crippen LogP contribution in [0.5, 0.6) is 0 Å². The molecule has 0 radical (unpaired) electrons. The molecule has 7 nitrogen and oxygen atoms in total. The van der Waals surface area contributed by atoms with Gasteiger partial charge < -0.3 is 9.84 Å². The molecule has 7 heteroatoms. The summed E-state index contributed by atoms with van der Waals surface area (Å²) in [7, 11) is 0. The quantitative estimate of drug-likeness (QED) is 0.654. The zero-order chi connectivity index (χ0) is 19.0. The molecular formula is C20H17N3O4. The summed E-state index contributed by atoms with van der Waals surface area (Å²) >= 11 is 0. The molecule has 1 amide bonds. The molecule has 1 aliphatic rings. The number of benzene rings is 2. The molecule has 0 fully saturated rings. The van der Waals surface area contributed by atoms with Crippen LogP contribution in [0.15, 0.2) is 48.5 Å². The molecule has 4 rings (SSSR count). The number of ether oxygens (including phenoxy) is 1. The number of fused-ring (bicyclic) bond motifs is 3. The number of anilines is 1. The van der Waals surface area contributed by atoms with Gasteiger partial charge in [-0.15, -0.1) is 0 Å². The van der Waals surface area contributed by atoms with E-state index >= 15 is 0 Å². The van der Waals surface area contributed by atoms with Crippen LogP contribution in [0.2, 0.25) is 0 Å². The first kappa shape index (κ1) is 16.8. The number of nitrogens with zero attached hydrogens (tertiary/aromatic N) is 1. The van der Waals surface area contributed by atoms with E-state index in [4.69, 9.17) is 9.84 Å². The second-order valence-electron chi connectivity index (χ2n) is 6.33. The maximum atomic E-state index is 12.3. The van der Waals surface area contributed by atoms with Crippen LogP contribution >= 0.6 is 0 Å². The molecule has 0 saturated carbocycles. The molecule has 0 atom stereocenters. The highest BCUT2D eigenvalue weighted by Crippen LogP contribution is 2.44. The summed E-state index contributed by atoms with van der Waals surface area (Å²) < 4.78 is 5.42. The fraction of sp³-hybridized carbons (Fsp3) is 0.150. The summed E-state index contributed by atoms with van der Waals surface area (Å²) in [6.45, 7) is 1.78. The van der Waals surface area contributed by atoms with Crippen LogP contribution < -0.4 is 5.32 Å². The van der Waals surface area contributed by atoms with Crippen LogP contribution in [0.4, 0.5) is 10.5 Å². The maximum absolute atomic E-state index is 12.3.